The highest BCUT2D eigenvalue weighted by molar-refractivity contribution is 9.10. The number of nitriles is 1. The Morgan fingerprint density at radius 1 is 1.09 bits per heavy atom. The third-order valence-electron chi connectivity index (χ3n) is 3.11. The smallest absolute Gasteiger partial charge is 0.134 e. The molecule has 0 fully saturated rings. The van der Waals surface area contributed by atoms with E-state index in [0.717, 1.165) is 26.3 Å². The first-order chi connectivity index (χ1) is 10.8. The molecule has 1 heterocycles. The van der Waals surface area contributed by atoms with Crippen molar-refractivity contribution in [3.63, 3.8) is 0 Å². The van der Waals surface area contributed by atoms with Crippen LogP contribution >= 0.6 is 27.3 Å². The monoisotopic (exact) mass is 366 g/mol. The first-order valence-corrected chi connectivity index (χ1v) is 8.32. The van der Waals surface area contributed by atoms with Gasteiger partial charge >= 0.3 is 0 Å². The van der Waals surface area contributed by atoms with Crippen LogP contribution < -0.4 is 0 Å². The molecule has 0 unspecified atom stereocenters. The Morgan fingerprint density at radius 2 is 1.82 bits per heavy atom. The van der Waals surface area contributed by atoms with Gasteiger partial charge in [-0.1, -0.05) is 58.4 Å². The molecule has 0 radical (unpaired) electrons. The maximum absolute atomic E-state index is 9.41. The number of benzene rings is 2. The van der Waals surface area contributed by atoms with Gasteiger partial charge in [-0.15, -0.1) is 11.3 Å². The van der Waals surface area contributed by atoms with E-state index in [9.17, 15) is 5.26 Å². The Balaban J connectivity index is 1.94. The van der Waals surface area contributed by atoms with Gasteiger partial charge in [-0.25, -0.2) is 4.98 Å². The Bertz CT molecular complexity index is 843. The average Bonchev–Trinajstić information content (AvgIpc) is 3.05. The lowest BCUT2D eigenvalue weighted by Gasteiger charge is -1.97. The molecule has 1 aromatic heterocycles. The maximum atomic E-state index is 9.41. The lowest BCUT2D eigenvalue weighted by molar-refractivity contribution is 1.37. The second kappa shape index (κ2) is 6.69. The van der Waals surface area contributed by atoms with Crippen LogP contribution in [0.1, 0.15) is 10.6 Å². The molecule has 0 saturated heterocycles. The molecule has 0 aliphatic carbocycles. The summed E-state index contributed by atoms with van der Waals surface area (Å²) < 4.78 is 1.02. The Kier molecular flexibility index (Phi) is 4.47. The van der Waals surface area contributed by atoms with E-state index >= 15 is 0 Å². The van der Waals surface area contributed by atoms with Crippen LogP contribution in [0.25, 0.3) is 22.9 Å². The molecular formula is C18H11BrN2S. The highest BCUT2D eigenvalue weighted by Gasteiger charge is 2.08. The van der Waals surface area contributed by atoms with Crippen molar-refractivity contribution in [2.45, 2.75) is 0 Å². The normalized spacial score (nSPS) is 11.2. The summed E-state index contributed by atoms with van der Waals surface area (Å²) in [4.78, 5) is 4.58. The van der Waals surface area contributed by atoms with Crippen LogP contribution in [0.5, 0.6) is 0 Å². The largest absolute Gasteiger partial charge is 0.235 e. The molecule has 3 aromatic rings. The summed E-state index contributed by atoms with van der Waals surface area (Å²) in [5.74, 6) is 0. The second-order valence-electron chi connectivity index (χ2n) is 4.63. The van der Waals surface area contributed by atoms with Crippen molar-refractivity contribution in [1.82, 2.24) is 4.98 Å². The van der Waals surface area contributed by atoms with E-state index in [1.807, 2.05) is 66.1 Å². The lowest BCUT2D eigenvalue weighted by atomic mass is 10.1. The number of hydrogen-bond acceptors (Lipinski definition) is 3. The summed E-state index contributed by atoms with van der Waals surface area (Å²) in [5, 5.41) is 12.1. The van der Waals surface area contributed by atoms with Crippen LogP contribution in [0.3, 0.4) is 0 Å². The molecule has 0 N–H and O–H groups in total. The van der Waals surface area contributed by atoms with Crippen molar-refractivity contribution >= 4 is 38.9 Å². The number of rotatable bonds is 3. The van der Waals surface area contributed by atoms with E-state index in [1.165, 1.54) is 11.3 Å². The van der Waals surface area contributed by atoms with Gasteiger partial charge < -0.3 is 0 Å². The Morgan fingerprint density at radius 3 is 2.50 bits per heavy atom. The molecule has 0 saturated carbocycles. The molecule has 0 bridgehead atoms. The van der Waals surface area contributed by atoms with Gasteiger partial charge in [-0.05, 0) is 23.8 Å². The number of nitrogens with zero attached hydrogens (tertiary/aromatic N) is 2. The molecule has 2 nitrogen and oxygen atoms in total. The topological polar surface area (TPSA) is 36.7 Å². The molecule has 0 aliphatic heterocycles. The van der Waals surface area contributed by atoms with E-state index in [2.05, 4.69) is 27.0 Å². The molecular weight excluding hydrogens is 356 g/mol. The highest BCUT2D eigenvalue weighted by Crippen LogP contribution is 2.27. The van der Waals surface area contributed by atoms with Gasteiger partial charge in [0.1, 0.15) is 11.1 Å². The zero-order valence-electron chi connectivity index (χ0n) is 11.5. The van der Waals surface area contributed by atoms with E-state index < -0.39 is 0 Å². The minimum absolute atomic E-state index is 0.578. The van der Waals surface area contributed by atoms with Gasteiger partial charge in [0, 0.05) is 15.4 Å². The standard InChI is InChI=1S/C18H11BrN2S/c19-16-8-6-13(7-9-16)10-15(11-20)18-21-17(12-22-18)14-4-2-1-3-5-14/h1-10,12H/b15-10-. The quantitative estimate of drug-likeness (QED) is 0.562. The van der Waals surface area contributed by atoms with Crippen LogP contribution in [0.2, 0.25) is 0 Å². The van der Waals surface area contributed by atoms with Crippen LogP contribution in [0.15, 0.2) is 64.5 Å². The van der Waals surface area contributed by atoms with Crippen molar-refractivity contribution in [3.8, 4) is 17.3 Å². The number of allylic oxidation sites excluding steroid dienone is 1. The fourth-order valence-electron chi connectivity index (χ4n) is 2.01. The molecule has 3 rings (SSSR count). The fourth-order valence-corrected chi connectivity index (χ4v) is 3.07. The second-order valence-corrected chi connectivity index (χ2v) is 6.40. The minimum Gasteiger partial charge on any atom is -0.235 e. The summed E-state index contributed by atoms with van der Waals surface area (Å²) in [5.41, 5.74) is 3.52. The van der Waals surface area contributed by atoms with Gasteiger partial charge in [0.2, 0.25) is 0 Å². The van der Waals surface area contributed by atoms with Crippen LogP contribution in [0.4, 0.5) is 0 Å². The molecule has 0 amide bonds. The molecule has 106 valence electrons. The van der Waals surface area contributed by atoms with Crippen molar-refractivity contribution in [3.05, 3.63) is 75.0 Å². The summed E-state index contributed by atoms with van der Waals surface area (Å²) in [6.45, 7) is 0. The van der Waals surface area contributed by atoms with Gasteiger partial charge in [-0.2, -0.15) is 5.26 Å². The van der Waals surface area contributed by atoms with Crippen LogP contribution in [-0.4, -0.2) is 4.98 Å². The summed E-state index contributed by atoms with van der Waals surface area (Å²) in [7, 11) is 0. The van der Waals surface area contributed by atoms with E-state index in [-0.39, 0.29) is 0 Å². The zero-order chi connectivity index (χ0) is 15.4. The number of halogens is 1. The number of hydrogen-bond donors (Lipinski definition) is 0. The lowest BCUT2D eigenvalue weighted by Crippen LogP contribution is -1.82. The molecule has 22 heavy (non-hydrogen) atoms. The summed E-state index contributed by atoms with van der Waals surface area (Å²) in [6, 6.07) is 20.1. The van der Waals surface area contributed by atoms with E-state index in [1.54, 1.807) is 0 Å². The first-order valence-electron chi connectivity index (χ1n) is 6.65. The van der Waals surface area contributed by atoms with Crippen molar-refractivity contribution in [2.24, 2.45) is 0 Å². The minimum atomic E-state index is 0.578. The SMILES string of the molecule is N#C/C(=C/c1ccc(Br)cc1)c1nc(-c2ccccc2)cs1. The third-order valence-corrected chi connectivity index (χ3v) is 4.51. The van der Waals surface area contributed by atoms with Gasteiger partial charge in [0.05, 0.1) is 11.3 Å². The summed E-state index contributed by atoms with van der Waals surface area (Å²) in [6.07, 6.45) is 1.86. The van der Waals surface area contributed by atoms with Crippen molar-refractivity contribution in [2.75, 3.05) is 0 Å². The zero-order valence-corrected chi connectivity index (χ0v) is 13.9. The van der Waals surface area contributed by atoms with Crippen LogP contribution in [-0.2, 0) is 0 Å². The Labute approximate surface area is 141 Å². The third kappa shape index (κ3) is 3.33. The highest BCUT2D eigenvalue weighted by atomic mass is 79.9. The van der Waals surface area contributed by atoms with Gasteiger partial charge in [-0.3, -0.25) is 0 Å². The van der Waals surface area contributed by atoms with Crippen LogP contribution in [0, 0.1) is 11.3 Å². The Hall–Kier alpha value is -2.22. The fraction of sp³-hybridized carbons (Fsp3) is 0. The first kappa shape index (κ1) is 14.7. The van der Waals surface area contributed by atoms with E-state index in [4.69, 9.17) is 0 Å². The van der Waals surface area contributed by atoms with E-state index in [0.29, 0.717) is 5.57 Å². The van der Waals surface area contributed by atoms with Gasteiger partial charge in [0.25, 0.3) is 0 Å². The molecule has 0 aliphatic rings. The number of thiazole rings is 1. The predicted octanol–water partition coefficient (Wildman–Crippen LogP) is 5.64. The average molecular weight is 367 g/mol. The number of aromatic nitrogens is 1. The summed E-state index contributed by atoms with van der Waals surface area (Å²) >= 11 is 4.90. The van der Waals surface area contributed by atoms with Gasteiger partial charge in [0.15, 0.2) is 0 Å². The molecule has 0 spiro atoms. The predicted molar refractivity (Wildman–Crippen MR) is 95.2 cm³/mol. The molecule has 2 aromatic carbocycles. The van der Waals surface area contributed by atoms with Crippen molar-refractivity contribution in [1.29, 1.82) is 5.26 Å². The molecule has 4 heteroatoms. The maximum Gasteiger partial charge on any atom is 0.134 e. The van der Waals surface area contributed by atoms with Crippen molar-refractivity contribution < 1.29 is 0 Å². The molecule has 0 atom stereocenters.